The van der Waals surface area contributed by atoms with Gasteiger partial charge in [0.15, 0.2) is 0 Å². The molecule has 0 saturated carbocycles. The Morgan fingerprint density at radius 2 is 2.24 bits per heavy atom. The van der Waals surface area contributed by atoms with Gasteiger partial charge in [-0.25, -0.2) is 0 Å². The van der Waals surface area contributed by atoms with Crippen LogP contribution >= 0.6 is 0 Å². The monoisotopic (exact) mass is 231 g/mol. The summed E-state index contributed by atoms with van der Waals surface area (Å²) in [6.07, 6.45) is 0.805. The lowest BCUT2D eigenvalue weighted by atomic mass is 9.78. The van der Waals surface area contributed by atoms with Crippen molar-refractivity contribution in [1.29, 1.82) is 5.26 Å². The summed E-state index contributed by atoms with van der Waals surface area (Å²) in [6.45, 7) is 3.80. The maximum atomic E-state index is 11.9. The van der Waals surface area contributed by atoms with E-state index in [0.29, 0.717) is 12.8 Å². The van der Waals surface area contributed by atoms with E-state index in [-0.39, 0.29) is 5.97 Å². The number of carbonyl (C=O) groups is 1. The molecule has 0 aliphatic carbocycles. The zero-order chi connectivity index (χ0) is 12.9. The lowest BCUT2D eigenvalue weighted by molar-refractivity contribution is -0.147. The fourth-order valence-corrected chi connectivity index (χ4v) is 1.88. The van der Waals surface area contributed by atoms with Gasteiger partial charge in [0.25, 0.3) is 0 Å². The molecule has 0 amide bonds. The molecular formula is C14H17NO2. The van der Waals surface area contributed by atoms with Crippen molar-refractivity contribution in [3.8, 4) is 6.07 Å². The van der Waals surface area contributed by atoms with Gasteiger partial charge in [0.1, 0.15) is 0 Å². The van der Waals surface area contributed by atoms with Gasteiger partial charge in [-0.3, -0.25) is 4.79 Å². The molecule has 17 heavy (non-hydrogen) atoms. The van der Waals surface area contributed by atoms with Crippen LogP contribution in [0, 0.1) is 18.3 Å². The molecule has 3 heteroatoms. The highest BCUT2D eigenvalue weighted by atomic mass is 16.5. The van der Waals surface area contributed by atoms with Crippen molar-refractivity contribution >= 4 is 5.97 Å². The standard InChI is InChI=1S/C14H17NO2/c1-11-6-4-7-12(10-11)14(2,8-5-9-15)13(16)17-3/h4,6-7,10H,5,8H2,1-3H3. The van der Waals surface area contributed by atoms with E-state index < -0.39 is 5.41 Å². The number of methoxy groups -OCH3 is 1. The van der Waals surface area contributed by atoms with Gasteiger partial charge in [0, 0.05) is 6.42 Å². The van der Waals surface area contributed by atoms with Gasteiger partial charge in [0.05, 0.1) is 18.6 Å². The van der Waals surface area contributed by atoms with Crippen LogP contribution in [0.5, 0.6) is 0 Å². The summed E-state index contributed by atoms with van der Waals surface area (Å²) in [4.78, 5) is 11.9. The van der Waals surface area contributed by atoms with E-state index in [2.05, 4.69) is 6.07 Å². The quantitative estimate of drug-likeness (QED) is 0.749. The molecule has 0 bridgehead atoms. The van der Waals surface area contributed by atoms with Crippen LogP contribution in [0.4, 0.5) is 0 Å². The summed E-state index contributed by atoms with van der Waals surface area (Å²) >= 11 is 0. The van der Waals surface area contributed by atoms with Crippen molar-refractivity contribution in [2.75, 3.05) is 7.11 Å². The summed E-state index contributed by atoms with van der Waals surface area (Å²) in [5.41, 5.74) is 1.26. The summed E-state index contributed by atoms with van der Waals surface area (Å²) in [5, 5.41) is 8.68. The number of carbonyl (C=O) groups excluding carboxylic acids is 1. The summed E-state index contributed by atoms with van der Waals surface area (Å²) < 4.78 is 4.86. The Morgan fingerprint density at radius 3 is 2.76 bits per heavy atom. The van der Waals surface area contributed by atoms with E-state index in [9.17, 15) is 4.79 Å². The van der Waals surface area contributed by atoms with Gasteiger partial charge < -0.3 is 4.74 Å². The zero-order valence-electron chi connectivity index (χ0n) is 10.5. The van der Waals surface area contributed by atoms with Crippen LogP contribution in [0.3, 0.4) is 0 Å². The minimum Gasteiger partial charge on any atom is -0.468 e. The van der Waals surface area contributed by atoms with Gasteiger partial charge in [-0.05, 0) is 25.8 Å². The average Bonchev–Trinajstić information content (AvgIpc) is 2.34. The van der Waals surface area contributed by atoms with Crippen molar-refractivity contribution in [3.05, 3.63) is 35.4 Å². The zero-order valence-corrected chi connectivity index (χ0v) is 10.5. The molecule has 0 N–H and O–H groups in total. The molecule has 0 spiro atoms. The van der Waals surface area contributed by atoms with E-state index in [1.54, 1.807) is 0 Å². The Balaban J connectivity index is 3.14. The second kappa shape index (κ2) is 5.49. The maximum absolute atomic E-state index is 11.9. The van der Waals surface area contributed by atoms with Gasteiger partial charge in [-0.15, -0.1) is 0 Å². The molecule has 0 aromatic heterocycles. The molecule has 0 heterocycles. The molecule has 1 atom stereocenters. The summed E-state index contributed by atoms with van der Waals surface area (Å²) in [7, 11) is 1.38. The van der Waals surface area contributed by atoms with Crippen LogP contribution in [-0.2, 0) is 14.9 Å². The Labute approximate surface area is 102 Å². The summed E-state index contributed by atoms with van der Waals surface area (Å²) in [6, 6.07) is 9.84. The smallest absolute Gasteiger partial charge is 0.316 e. The first-order valence-corrected chi connectivity index (χ1v) is 5.57. The van der Waals surface area contributed by atoms with Crippen LogP contribution in [0.25, 0.3) is 0 Å². The van der Waals surface area contributed by atoms with E-state index in [4.69, 9.17) is 10.00 Å². The van der Waals surface area contributed by atoms with Crippen molar-refractivity contribution in [1.82, 2.24) is 0 Å². The lowest BCUT2D eigenvalue weighted by Crippen LogP contribution is -2.33. The van der Waals surface area contributed by atoms with Crippen molar-refractivity contribution in [2.45, 2.75) is 32.1 Å². The number of nitriles is 1. The van der Waals surface area contributed by atoms with E-state index in [1.807, 2.05) is 38.1 Å². The van der Waals surface area contributed by atoms with Crippen molar-refractivity contribution in [3.63, 3.8) is 0 Å². The third-order valence-corrected chi connectivity index (χ3v) is 3.03. The third kappa shape index (κ3) is 2.85. The highest BCUT2D eigenvalue weighted by Gasteiger charge is 2.35. The molecule has 90 valence electrons. The number of ether oxygens (including phenoxy) is 1. The van der Waals surface area contributed by atoms with Crippen LogP contribution < -0.4 is 0 Å². The number of nitrogens with zero attached hydrogens (tertiary/aromatic N) is 1. The Hall–Kier alpha value is -1.82. The fraction of sp³-hybridized carbons (Fsp3) is 0.429. The number of rotatable bonds is 4. The molecule has 0 saturated heterocycles. The molecule has 3 nitrogen and oxygen atoms in total. The molecule has 1 unspecified atom stereocenters. The number of hydrogen-bond donors (Lipinski definition) is 0. The first-order valence-electron chi connectivity index (χ1n) is 5.57. The third-order valence-electron chi connectivity index (χ3n) is 3.03. The normalized spacial score (nSPS) is 13.5. The van der Waals surface area contributed by atoms with E-state index in [1.165, 1.54) is 7.11 Å². The Morgan fingerprint density at radius 1 is 1.53 bits per heavy atom. The SMILES string of the molecule is COC(=O)C(C)(CCC#N)c1cccc(C)c1. The first kappa shape index (κ1) is 13.2. The number of esters is 1. The minimum absolute atomic E-state index is 0.293. The van der Waals surface area contributed by atoms with Crippen molar-refractivity contribution < 1.29 is 9.53 Å². The van der Waals surface area contributed by atoms with Crippen molar-refractivity contribution in [2.24, 2.45) is 0 Å². The Bertz CT molecular complexity index is 448. The van der Waals surface area contributed by atoms with Crippen LogP contribution in [-0.4, -0.2) is 13.1 Å². The van der Waals surface area contributed by atoms with Crippen LogP contribution in [0.15, 0.2) is 24.3 Å². The number of benzene rings is 1. The molecule has 1 rings (SSSR count). The van der Waals surface area contributed by atoms with Gasteiger partial charge in [-0.2, -0.15) is 5.26 Å². The summed E-state index contributed by atoms with van der Waals surface area (Å²) in [5.74, 6) is -0.293. The van der Waals surface area contributed by atoms with Crippen LogP contribution in [0.1, 0.15) is 30.9 Å². The van der Waals surface area contributed by atoms with Gasteiger partial charge in [0.2, 0.25) is 0 Å². The predicted octanol–water partition coefficient (Wildman–Crippen LogP) is 2.73. The predicted molar refractivity (Wildman–Crippen MR) is 65.4 cm³/mol. The molecule has 0 aliphatic rings. The van der Waals surface area contributed by atoms with Gasteiger partial charge in [-0.1, -0.05) is 29.8 Å². The largest absolute Gasteiger partial charge is 0.468 e. The number of aryl methyl sites for hydroxylation is 1. The van der Waals surface area contributed by atoms with Crippen LogP contribution in [0.2, 0.25) is 0 Å². The fourth-order valence-electron chi connectivity index (χ4n) is 1.88. The second-order valence-electron chi connectivity index (χ2n) is 4.35. The average molecular weight is 231 g/mol. The van der Waals surface area contributed by atoms with Gasteiger partial charge >= 0.3 is 5.97 Å². The molecule has 0 fully saturated rings. The lowest BCUT2D eigenvalue weighted by Gasteiger charge is -2.26. The topological polar surface area (TPSA) is 50.1 Å². The first-order chi connectivity index (χ1) is 8.04. The molecular weight excluding hydrogens is 214 g/mol. The van der Waals surface area contributed by atoms with E-state index >= 15 is 0 Å². The maximum Gasteiger partial charge on any atom is 0.316 e. The minimum atomic E-state index is -0.740. The molecule has 1 aromatic rings. The highest BCUT2D eigenvalue weighted by Crippen LogP contribution is 2.30. The number of hydrogen-bond acceptors (Lipinski definition) is 3. The Kier molecular flexibility index (Phi) is 4.28. The second-order valence-corrected chi connectivity index (χ2v) is 4.35. The molecule has 0 radical (unpaired) electrons. The molecule has 1 aromatic carbocycles. The molecule has 0 aliphatic heterocycles. The van der Waals surface area contributed by atoms with E-state index in [0.717, 1.165) is 11.1 Å². The highest BCUT2D eigenvalue weighted by molar-refractivity contribution is 5.82.